The van der Waals surface area contributed by atoms with E-state index in [1.54, 1.807) is 0 Å². The molecule has 1 N–H and O–H groups in total. The van der Waals surface area contributed by atoms with E-state index in [1.165, 1.54) is 24.9 Å². The van der Waals surface area contributed by atoms with E-state index in [0.717, 1.165) is 32.0 Å². The topological polar surface area (TPSA) is 24.5 Å². The molecular formula is C18H30N2O. The molecule has 0 aliphatic carbocycles. The van der Waals surface area contributed by atoms with Gasteiger partial charge in [0, 0.05) is 25.7 Å². The summed E-state index contributed by atoms with van der Waals surface area (Å²) in [5, 5.41) is 3.61. The van der Waals surface area contributed by atoms with Gasteiger partial charge < -0.3 is 10.1 Å². The van der Waals surface area contributed by atoms with Gasteiger partial charge in [-0.2, -0.15) is 0 Å². The van der Waals surface area contributed by atoms with Gasteiger partial charge in [-0.3, -0.25) is 4.90 Å². The van der Waals surface area contributed by atoms with E-state index in [9.17, 15) is 0 Å². The van der Waals surface area contributed by atoms with E-state index in [1.807, 2.05) is 6.92 Å². The van der Waals surface area contributed by atoms with E-state index in [2.05, 4.69) is 48.3 Å². The summed E-state index contributed by atoms with van der Waals surface area (Å²) in [6.07, 6.45) is 2.64. The lowest BCUT2D eigenvalue weighted by Gasteiger charge is -2.27. The first-order valence-corrected chi connectivity index (χ1v) is 8.35. The molecule has 21 heavy (non-hydrogen) atoms. The number of ether oxygens (including phenoxy) is 1. The van der Waals surface area contributed by atoms with Crippen LogP contribution in [0.15, 0.2) is 24.3 Å². The van der Waals surface area contributed by atoms with E-state index < -0.39 is 0 Å². The van der Waals surface area contributed by atoms with Crippen LogP contribution in [0.25, 0.3) is 0 Å². The molecule has 1 aliphatic heterocycles. The molecule has 1 heterocycles. The van der Waals surface area contributed by atoms with Crippen molar-refractivity contribution in [1.82, 2.24) is 10.2 Å². The monoisotopic (exact) mass is 290 g/mol. The Balaban J connectivity index is 1.92. The van der Waals surface area contributed by atoms with E-state index >= 15 is 0 Å². The normalized spacial score (nSPS) is 18.6. The van der Waals surface area contributed by atoms with Crippen molar-refractivity contribution in [3.63, 3.8) is 0 Å². The van der Waals surface area contributed by atoms with Crippen LogP contribution in [0.2, 0.25) is 0 Å². The highest BCUT2D eigenvalue weighted by Gasteiger charge is 2.18. The van der Waals surface area contributed by atoms with E-state index in [0.29, 0.717) is 12.0 Å². The SMILES string of the molecule is CCOc1ccc(CN(CC(C)C)CC2CCCN2)cc1. The number of hydrogen-bond donors (Lipinski definition) is 1. The van der Waals surface area contributed by atoms with Crippen LogP contribution in [0.1, 0.15) is 39.2 Å². The van der Waals surface area contributed by atoms with Crippen LogP contribution in [0.5, 0.6) is 5.75 Å². The maximum absolute atomic E-state index is 5.51. The van der Waals surface area contributed by atoms with Crippen molar-refractivity contribution in [1.29, 1.82) is 0 Å². The zero-order valence-corrected chi connectivity index (χ0v) is 13.8. The van der Waals surface area contributed by atoms with Crippen LogP contribution in [0.3, 0.4) is 0 Å². The van der Waals surface area contributed by atoms with Crippen molar-refractivity contribution >= 4 is 0 Å². The van der Waals surface area contributed by atoms with Crippen molar-refractivity contribution < 1.29 is 4.74 Å². The van der Waals surface area contributed by atoms with Crippen LogP contribution >= 0.6 is 0 Å². The van der Waals surface area contributed by atoms with Gasteiger partial charge in [-0.25, -0.2) is 0 Å². The quantitative estimate of drug-likeness (QED) is 0.795. The van der Waals surface area contributed by atoms with Crippen LogP contribution in [-0.4, -0.2) is 37.2 Å². The van der Waals surface area contributed by atoms with Gasteiger partial charge in [-0.05, 0) is 49.9 Å². The highest BCUT2D eigenvalue weighted by atomic mass is 16.5. The fourth-order valence-corrected chi connectivity index (χ4v) is 3.06. The van der Waals surface area contributed by atoms with E-state index in [4.69, 9.17) is 4.74 Å². The highest BCUT2D eigenvalue weighted by Crippen LogP contribution is 2.16. The largest absolute Gasteiger partial charge is 0.494 e. The van der Waals surface area contributed by atoms with Gasteiger partial charge >= 0.3 is 0 Å². The molecule has 1 saturated heterocycles. The molecule has 2 rings (SSSR count). The Morgan fingerprint density at radius 2 is 2.05 bits per heavy atom. The minimum Gasteiger partial charge on any atom is -0.494 e. The van der Waals surface area contributed by atoms with Crippen LogP contribution in [0.4, 0.5) is 0 Å². The van der Waals surface area contributed by atoms with Crippen LogP contribution in [0, 0.1) is 5.92 Å². The Morgan fingerprint density at radius 3 is 2.62 bits per heavy atom. The molecule has 0 radical (unpaired) electrons. The summed E-state index contributed by atoms with van der Waals surface area (Å²) in [5.74, 6) is 1.67. The van der Waals surface area contributed by atoms with Crippen molar-refractivity contribution in [2.75, 3.05) is 26.2 Å². The van der Waals surface area contributed by atoms with Crippen molar-refractivity contribution in [3.05, 3.63) is 29.8 Å². The summed E-state index contributed by atoms with van der Waals surface area (Å²) in [7, 11) is 0. The molecule has 1 unspecified atom stereocenters. The first kappa shape index (κ1) is 16.3. The molecule has 1 aliphatic rings. The number of hydrogen-bond acceptors (Lipinski definition) is 3. The molecule has 0 aromatic heterocycles. The maximum atomic E-state index is 5.51. The first-order chi connectivity index (χ1) is 10.2. The molecule has 3 nitrogen and oxygen atoms in total. The van der Waals surface area contributed by atoms with Crippen molar-refractivity contribution in [3.8, 4) is 5.75 Å². The fourth-order valence-electron chi connectivity index (χ4n) is 3.06. The molecule has 1 fully saturated rings. The average molecular weight is 290 g/mol. The third-order valence-corrected chi connectivity index (χ3v) is 3.90. The summed E-state index contributed by atoms with van der Waals surface area (Å²) >= 11 is 0. The lowest BCUT2D eigenvalue weighted by atomic mass is 10.1. The van der Waals surface area contributed by atoms with Crippen molar-refractivity contribution in [2.24, 2.45) is 5.92 Å². The lowest BCUT2D eigenvalue weighted by Crippen LogP contribution is -2.38. The Labute approximate surface area is 129 Å². The molecule has 0 spiro atoms. The summed E-state index contributed by atoms with van der Waals surface area (Å²) < 4.78 is 5.51. The maximum Gasteiger partial charge on any atom is 0.119 e. The standard InChI is InChI=1S/C18H30N2O/c1-4-21-18-9-7-16(8-10-18)13-20(12-15(2)3)14-17-6-5-11-19-17/h7-10,15,17,19H,4-6,11-14H2,1-3H3. The fraction of sp³-hybridized carbons (Fsp3) is 0.667. The van der Waals surface area contributed by atoms with Gasteiger partial charge in [0.2, 0.25) is 0 Å². The highest BCUT2D eigenvalue weighted by molar-refractivity contribution is 5.27. The second kappa shape index (κ2) is 8.40. The lowest BCUT2D eigenvalue weighted by molar-refractivity contribution is 0.216. The van der Waals surface area contributed by atoms with Crippen molar-refractivity contribution in [2.45, 2.75) is 46.2 Å². The summed E-state index contributed by atoms with van der Waals surface area (Å²) in [5.41, 5.74) is 1.37. The molecule has 0 amide bonds. The zero-order chi connectivity index (χ0) is 15.1. The number of rotatable bonds is 8. The molecular weight excluding hydrogens is 260 g/mol. The van der Waals surface area contributed by atoms with Gasteiger partial charge in [0.1, 0.15) is 5.75 Å². The molecule has 1 aromatic rings. The van der Waals surface area contributed by atoms with Gasteiger partial charge in [-0.1, -0.05) is 26.0 Å². The summed E-state index contributed by atoms with van der Waals surface area (Å²) in [6, 6.07) is 9.23. The summed E-state index contributed by atoms with van der Waals surface area (Å²) in [4.78, 5) is 2.59. The third-order valence-electron chi connectivity index (χ3n) is 3.90. The average Bonchev–Trinajstić information content (AvgIpc) is 2.93. The molecule has 118 valence electrons. The summed E-state index contributed by atoms with van der Waals surface area (Å²) in [6.45, 7) is 11.9. The van der Waals surface area contributed by atoms with Gasteiger partial charge in [0.25, 0.3) is 0 Å². The smallest absolute Gasteiger partial charge is 0.119 e. The van der Waals surface area contributed by atoms with E-state index in [-0.39, 0.29) is 0 Å². The second-order valence-electron chi connectivity index (χ2n) is 6.46. The third kappa shape index (κ3) is 5.68. The van der Waals surface area contributed by atoms with Gasteiger partial charge in [0.05, 0.1) is 6.61 Å². The number of nitrogens with zero attached hydrogens (tertiary/aromatic N) is 1. The second-order valence-corrected chi connectivity index (χ2v) is 6.46. The Bertz CT molecular complexity index is 396. The Kier molecular flexibility index (Phi) is 6.52. The minimum absolute atomic E-state index is 0.673. The minimum atomic E-state index is 0.673. The Morgan fingerprint density at radius 1 is 1.29 bits per heavy atom. The van der Waals surface area contributed by atoms with Gasteiger partial charge in [-0.15, -0.1) is 0 Å². The predicted octanol–water partition coefficient (Wildman–Crippen LogP) is 3.30. The van der Waals surface area contributed by atoms with Crippen LogP contribution < -0.4 is 10.1 Å². The number of benzene rings is 1. The molecule has 1 atom stereocenters. The first-order valence-electron chi connectivity index (χ1n) is 8.35. The molecule has 1 aromatic carbocycles. The zero-order valence-electron chi connectivity index (χ0n) is 13.8. The van der Waals surface area contributed by atoms with Gasteiger partial charge in [0.15, 0.2) is 0 Å². The predicted molar refractivity (Wildman–Crippen MR) is 88.8 cm³/mol. The Hall–Kier alpha value is -1.06. The molecule has 3 heteroatoms. The number of nitrogens with one attached hydrogen (secondary N) is 1. The van der Waals surface area contributed by atoms with Crippen LogP contribution in [-0.2, 0) is 6.54 Å². The molecule has 0 bridgehead atoms. The molecule has 0 saturated carbocycles.